The van der Waals surface area contributed by atoms with Gasteiger partial charge in [0.2, 0.25) is 5.95 Å². The maximum Gasteiger partial charge on any atom is 0.229 e. The third kappa shape index (κ3) is 3.62. The van der Waals surface area contributed by atoms with Crippen LogP contribution in [0.5, 0.6) is 5.75 Å². The minimum Gasteiger partial charge on any atom is -0.491 e. The van der Waals surface area contributed by atoms with Gasteiger partial charge in [-0.25, -0.2) is 9.37 Å². The maximum atomic E-state index is 13.2. The summed E-state index contributed by atoms with van der Waals surface area (Å²) in [5, 5.41) is 14.2. The highest BCUT2D eigenvalue weighted by Gasteiger charge is 2.34. The quantitative estimate of drug-likeness (QED) is 0.659. The van der Waals surface area contributed by atoms with Gasteiger partial charge < -0.3 is 20.5 Å². The smallest absolute Gasteiger partial charge is 0.229 e. The number of hydrogen-bond donors (Lipinski definition) is 2. The Morgan fingerprint density at radius 1 is 1.41 bits per heavy atom. The van der Waals surface area contributed by atoms with E-state index in [9.17, 15) is 4.39 Å². The van der Waals surface area contributed by atoms with Gasteiger partial charge in [-0.3, -0.25) is 0 Å². The van der Waals surface area contributed by atoms with Crippen LogP contribution in [-0.4, -0.2) is 50.0 Å². The van der Waals surface area contributed by atoms with E-state index < -0.39 is 5.82 Å². The lowest BCUT2D eigenvalue weighted by Gasteiger charge is -2.37. The molecular formula is C16H17FN8O2. The Hall–Kier alpha value is -3.34. The molecule has 11 heteroatoms. The predicted octanol–water partition coefficient (Wildman–Crippen LogP) is 1.33. The number of nitrogens with zero attached hydrogens (tertiary/aromatic N) is 6. The topological polar surface area (TPSA) is 126 Å². The molecule has 2 aromatic heterocycles. The molecule has 3 aromatic rings. The molecule has 0 unspecified atom stereocenters. The molecule has 1 saturated heterocycles. The number of rotatable bonds is 6. The highest BCUT2D eigenvalue weighted by molar-refractivity contribution is 5.62. The van der Waals surface area contributed by atoms with E-state index in [2.05, 4.69) is 37.7 Å². The molecule has 27 heavy (non-hydrogen) atoms. The van der Waals surface area contributed by atoms with Crippen LogP contribution in [0.25, 0.3) is 5.69 Å². The molecule has 3 heterocycles. The molecule has 0 radical (unpaired) electrons. The molecule has 1 aliphatic heterocycles. The lowest BCUT2D eigenvalue weighted by molar-refractivity contribution is -0.120. The lowest BCUT2D eigenvalue weighted by atomic mass is 9.90. The number of nitrogens with two attached hydrogens (primary N) is 1. The average Bonchev–Trinajstić information content (AvgIpc) is 3.16. The summed E-state index contributed by atoms with van der Waals surface area (Å²) < 4.78 is 25.9. The largest absolute Gasteiger partial charge is 0.491 e. The van der Waals surface area contributed by atoms with Crippen LogP contribution >= 0.6 is 0 Å². The molecule has 0 amide bonds. The Balaban J connectivity index is 1.60. The number of nitrogens with one attached hydrogen (secondary N) is 1. The summed E-state index contributed by atoms with van der Waals surface area (Å²) in [6, 6.07) is 5.34. The number of nitrogen functional groups attached to an aromatic ring is 1. The Bertz CT molecular complexity index is 946. The monoisotopic (exact) mass is 372 g/mol. The van der Waals surface area contributed by atoms with E-state index in [1.54, 1.807) is 18.2 Å². The first-order valence-corrected chi connectivity index (χ1v) is 8.15. The van der Waals surface area contributed by atoms with Crippen molar-refractivity contribution in [2.45, 2.75) is 6.92 Å². The van der Waals surface area contributed by atoms with Gasteiger partial charge in [-0.1, -0.05) is 6.92 Å². The van der Waals surface area contributed by atoms with E-state index in [0.717, 1.165) is 6.20 Å². The highest BCUT2D eigenvalue weighted by Crippen LogP contribution is 2.31. The number of halogens is 1. The molecule has 10 nitrogen and oxygen atoms in total. The van der Waals surface area contributed by atoms with Crippen LogP contribution in [0.1, 0.15) is 6.92 Å². The first kappa shape index (κ1) is 17.1. The van der Waals surface area contributed by atoms with Crippen LogP contribution < -0.4 is 15.8 Å². The highest BCUT2D eigenvalue weighted by atomic mass is 19.1. The number of anilines is 3. The summed E-state index contributed by atoms with van der Waals surface area (Å²) >= 11 is 0. The molecule has 1 aromatic carbocycles. The first-order chi connectivity index (χ1) is 13.0. The van der Waals surface area contributed by atoms with Gasteiger partial charge in [-0.05, 0) is 28.6 Å². The van der Waals surface area contributed by atoms with E-state index in [1.807, 2.05) is 0 Å². The zero-order valence-electron chi connectivity index (χ0n) is 14.5. The Kier molecular flexibility index (Phi) is 4.28. The van der Waals surface area contributed by atoms with Gasteiger partial charge in [0.05, 0.1) is 26.0 Å². The number of aromatic nitrogens is 6. The summed E-state index contributed by atoms with van der Waals surface area (Å²) in [4.78, 5) is 7.73. The van der Waals surface area contributed by atoms with Crippen molar-refractivity contribution in [1.29, 1.82) is 0 Å². The SMILES string of the molecule is CC1(COc2ccc(Nc3ncc(F)c(N)n3)cc2-n2cnnn2)COC1. The molecule has 0 bridgehead atoms. The molecule has 0 atom stereocenters. The Morgan fingerprint density at radius 3 is 2.93 bits per heavy atom. The van der Waals surface area contributed by atoms with Crippen LogP contribution in [0, 0.1) is 11.2 Å². The minimum atomic E-state index is -0.674. The molecule has 1 fully saturated rings. The molecule has 1 aliphatic rings. The van der Waals surface area contributed by atoms with Gasteiger partial charge in [0.1, 0.15) is 17.8 Å². The molecule has 3 N–H and O–H groups in total. The maximum absolute atomic E-state index is 13.2. The second-order valence-corrected chi connectivity index (χ2v) is 6.58. The number of benzene rings is 1. The molecule has 0 aliphatic carbocycles. The van der Waals surface area contributed by atoms with E-state index in [4.69, 9.17) is 15.2 Å². The van der Waals surface area contributed by atoms with Crippen molar-refractivity contribution >= 4 is 17.5 Å². The van der Waals surface area contributed by atoms with Crippen LogP contribution in [0.3, 0.4) is 0 Å². The zero-order chi connectivity index (χ0) is 18.9. The molecule has 0 spiro atoms. The van der Waals surface area contributed by atoms with Crippen LogP contribution in [0.15, 0.2) is 30.7 Å². The summed E-state index contributed by atoms with van der Waals surface area (Å²) in [7, 11) is 0. The molecular weight excluding hydrogens is 355 g/mol. The third-order valence-electron chi connectivity index (χ3n) is 4.06. The van der Waals surface area contributed by atoms with Gasteiger partial charge in [0.15, 0.2) is 11.6 Å². The van der Waals surface area contributed by atoms with Crippen molar-refractivity contribution in [3.63, 3.8) is 0 Å². The van der Waals surface area contributed by atoms with Crippen molar-refractivity contribution in [1.82, 2.24) is 30.2 Å². The van der Waals surface area contributed by atoms with E-state index in [-0.39, 0.29) is 17.2 Å². The van der Waals surface area contributed by atoms with E-state index in [0.29, 0.717) is 36.9 Å². The second kappa shape index (κ2) is 6.76. The number of hydrogen-bond acceptors (Lipinski definition) is 9. The summed E-state index contributed by atoms with van der Waals surface area (Å²) in [6.45, 7) is 3.93. The fourth-order valence-corrected chi connectivity index (χ4v) is 2.52. The standard InChI is InChI=1S/C16H17FN8O2/c1-16(6-26-7-16)8-27-13-3-2-10(4-12(13)25-9-20-23-24-25)21-15-19-5-11(17)14(18)22-15/h2-5,9H,6-8H2,1H3,(H3,18,19,21,22). The van der Waals surface area contributed by atoms with Crippen LogP contribution in [-0.2, 0) is 4.74 Å². The summed E-state index contributed by atoms with van der Waals surface area (Å²) in [5.74, 6) is -0.124. The predicted molar refractivity (Wildman–Crippen MR) is 93.3 cm³/mol. The molecule has 0 saturated carbocycles. The number of ether oxygens (including phenoxy) is 2. The van der Waals surface area contributed by atoms with Crippen molar-refractivity contribution in [2.75, 3.05) is 30.9 Å². The lowest BCUT2D eigenvalue weighted by Crippen LogP contribution is -2.44. The zero-order valence-corrected chi connectivity index (χ0v) is 14.5. The minimum absolute atomic E-state index is 0.00567. The Morgan fingerprint density at radius 2 is 2.26 bits per heavy atom. The van der Waals surface area contributed by atoms with Gasteiger partial charge in [-0.2, -0.15) is 9.67 Å². The van der Waals surface area contributed by atoms with Gasteiger partial charge >= 0.3 is 0 Å². The molecule has 4 rings (SSSR count). The van der Waals surface area contributed by atoms with Crippen LogP contribution in [0.4, 0.5) is 21.8 Å². The Labute approximate surface area is 153 Å². The van der Waals surface area contributed by atoms with E-state index in [1.165, 1.54) is 11.0 Å². The fourth-order valence-electron chi connectivity index (χ4n) is 2.52. The van der Waals surface area contributed by atoms with Crippen LogP contribution in [0.2, 0.25) is 0 Å². The number of tetrazole rings is 1. The van der Waals surface area contributed by atoms with Crippen molar-refractivity contribution in [3.05, 3.63) is 36.5 Å². The van der Waals surface area contributed by atoms with Gasteiger partial charge in [0, 0.05) is 11.1 Å². The van der Waals surface area contributed by atoms with Crippen molar-refractivity contribution in [2.24, 2.45) is 5.41 Å². The van der Waals surface area contributed by atoms with E-state index >= 15 is 0 Å². The van der Waals surface area contributed by atoms with Gasteiger partial charge in [-0.15, -0.1) is 5.10 Å². The van der Waals surface area contributed by atoms with Crippen molar-refractivity contribution in [3.8, 4) is 11.4 Å². The average molecular weight is 372 g/mol. The first-order valence-electron chi connectivity index (χ1n) is 8.15. The van der Waals surface area contributed by atoms with Gasteiger partial charge in [0.25, 0.3) is 0 Å². The third-order valence-corrected chi connectivity index (χ3v) is 4.06. The second-order valence-electron chi connectivity index (χ2n) is 6.58. The molecule has 140 valence electrons. The van der Waals surface area contributed by atoms with Crippen molar-refractivity contribution < 1.29 is 13.9 Å². The summed E-state index contributed by atoms with van der Waals surface area (Å²) in [5.41, 5.74) is 6.74. The summed E-state index contributed by atoms with van der Waals surface area (Å²) in [6.07, 6.45) is 2.47. The normalized spacial score (nSPS) is 15.2. The fraction of sp³-hybridized carbons (Fsp3) is 0.312.